The molecule has 1 aliphatic heterocycles. The number of nitrogens with zero attached hydrogens (tertiary/aromatic N) is 6. The van der Waals surface area contributed by atoms with Gasteiger partial charge in [0.05, 0.1) is 0 Å². The van der Waals surface area contributed by atoms with Gasteiger partial charge in [-0.2, -0.15) is 5.10 Å². The molecule has 0 aromatic carbocycles. The van der Waals surface area contributed by atoms with Crippen molar-refractivity contribution in [3.63, 3.8) is 0 Å². The molecule has 3 aromatic heterocycles. The van der Waals surface area contributed by atoms with E-state index in [1.807, 2.05) is 30.3 Å². The summed E-state index contributed by atoms with van der Waals surface area (Å²) < 4.78 is 3.91. The Morgan fingerprint density at radius 1 is 1.22 bits per heavy atom. The molecule has 1 atom stereocenters. The highest BCUT2D eigenvalue weighted by atomic mass is 16.2. The number of hydrogen-bond donors (Lipinski definition) is 0. The van der Waals surface area contributed by atoms with Crippen LogP contribution in [0.5, 0.6) is 0 Å². The zero-order valence-corrected chi connectivity index (χ0v) is 15.7. The Labute approximate surface area is 158 Å². The van der Waals surface area contributed by atoms with E-state index >= 15 is 0 Å². The van der Waals surface area contributed by atoms with E-state index < -0.39 is 0 Å². The van der Waals surface area contributed by atoms with Crippen LogP contribution in [0.4, 0.5) is 0 Å². The van der Waals surface area contributed by atoms with E-state index in [1.54, 1.807) is 29.3 Å². The van der Waals surface area contributed by atoms with Crippen LogP contribution >= 0.6 is 0 Å². The fraction of sp³-hybridized carbons (Fsp3) is 0.400. The average Bonchev–Trinajstić information content (AvgIpc) is 3.28. The summed E-state index contributed by atoms with van der Waals surface area (Å²) in [5.74, 6) is 1.44. The van der Waals surface area contributed by atoms with Crippen LogP contribution in [0.2, 0.25) is 0 Å². The van der Waals surface area contributed by atoms with E-state index in [9.17, 15) is 4.79 Å². The van der Waals surface area contributed by atoms with Crippen LogP contribution in [0.15, 0.2) is 43.0 Å². The van der Waals surface area contributed by atoms with Gasteiger partial charge in [0.25, 0.3) is 5.91 Å². The van der Waals surface area contributed by atoms with Crippen molar-refractivity contribution in [3.05, 3.63) is 54.4 Å². The maximum Gasteiger partial charge on any atom is 0.272 e. The molecule has 0 radical (unpaired) electrons. The summed E-state index contributed by atoms with van der Waals surface area (Å²) in [5, 5.41) is 4.12. The molecule has 4 rings (SSSR count). The van der Waals surface area contributed by atoms with Crippen LogP contribution in [0.25, 0.3) is 11.4 Å². The molecule has 1 unspecified atom stereocenters. The number of pyridine rings is 1. The third kappa shape index (κ3) is 3.49. The number of likely N-dealkylation sites (tertiary alicyclic amines) is 1. The van der Waals surface area contributed by atoms with Gasteiger partial charge < -0.3 is 9.47 Å². The monoisotopic (exact) mass is 364 g/mol. The first kappa shape index (κ1) is 17.5. The lowest BCUT2D eigenvalue weighted by molar-refractivity contribution is 0.0651. The van der Waals surface area contributed by atoms with Crippen LogP contribution in [0.1, 0.15) is 29.0 Å². The highest BCUT2D eigenvalue weighted by molar-refractivity contribution is 5.92. The summed E-state index contributed by atoms with van der Waals surface area (Å²) in [6.07, 6.45) is 9.30. The molecule has 1 amide bonds. The first-order valence-corrected chi connectivity index (χ1v) is 9.33. The largest absolute Gasteiger partial charge is 0.337 e. The van der Waals surface area contributed by atoms with Crippen molar-refractivity contribution in [2.24, 2.45) is 13.0 Å². The number of amides is 1. The highest BCUT2D eigenvalue weighted by Crippen LogP contribution is 2.25. The van der Waals surface area contributed by atoms with Gasteiger partial charge in [0.1, 0.15) is 11.5 Å². The second-order valence-corrected chi connectivity index (χ2v) is 7.17. The number of aromatic nitrogens is 5. The molecule has 7 heteroatoms. The van der Waals surface area contributed by atoms with Crippen LogP contribution in [0.3, 0.4) is 0 Å². The second-order valence-electron chi connectivity index (χ2n) is 7.17. The van der Waals surface area contributed by atoms with Crippen LogP contribution in [-0.4, -0.2) is 48.2 Å². The molecule has 0 spiro atoms. The summed E-state index contributed by atoms with van der Waals surface area (Å²) >= 11 is 0. The SMILES string of the molecule is Cc1cnc(-c2ccncc2)n1CC1CCCN(C(=O)c2ccnn2C)C1. The van der Waals surface area contributed by atoms with Crippen molar-refractivity contribution in [1.82, 2.24) is 29.2 Å². The molecule has 0 saturated carbocycles. The Morgan fingerprint density at radius 3 is 2.78 bits per heavy atom. The lowest BCUT2D eigenvalue weighted by Crippen LogP contribution is -2.41. The molecule has 7 nitrogen and oxygen atoms in total. The fourth-order valence-corrected chi connectivity index (χ4v) is 3.83. The smallest absolute Gasteiger partial charge is 0.272 e. The predicted octanol–water partition coefficient (Wildman–Crippen LogP) is 2.54. The Balaban J connectivity index is 1.51. The second kappa shape index (κ2) is 7.34. The predicted molar refractivity (Wildman–Crippen MR) is 102 cm³/mol. The Hall–Kier alpha value is -2.96. The molecule has 27 heavy (non-hydrogen) atoms. The van der Waals surface area contributed by atoms with Crippen molar-refractivity contribution in [1.29, 1.82) is 0 Å². The maximum absolute atomic E-state index is 12.8. The Kier molecular flexibility index (Phi) is 4.75. The van der Waals surface area contributed by atoms with Gasteiger partial charge in [-0.25, -0.2) is 4.98 Å². The van der Waals surface area contributed by atoms with E-state index in [2.05, 4.69) is 26.6 Å². The zero-order chi connectivity index (χ0) is 18.8. The topological polar surface area (TPSA) is 68.8 Å². The van der Waals surface area contributed by atoms with E-state index in [-0.39, 0.29) is 5.91 Å². The van der Waals surface area contributed by atoms with Gasteiger partial charge in [0.2, 0.25) is 0 Å². The number of rotatable bonds is 4. The third-order valence-corrected chi connectivity index (χ3v) is 5.28. The number of hydrogen-bond acceptors (Lipinski definition) is 4. The summed E-state index contributed by atoms with van der Waals surface area (Å²) in [6, 6.07) is 5.75. The summed E-state index contributed by atoms with van der Waals surface area (Å²) in [7, 11) is 1.81. The molecule has 1 saturated heterocycles. The molecule has 3 aromatic rings. The number of carbonyl (C=O) groups excluding carboxylic acids is 1. The average molecular weight is 364 g/mol. The number of carbonyl (C=O) groups is 1. The van der Waals surface area contributed by atoms with Gasteiger partial charge in [-0.15, -0.1) is 0 Å². The standard InChI is InChI=1S/C20H24N6O/c1-15-12-22-19(17-5-8-21-9-6-17)26(15)14-16-4-3-11-25(13-16)20(27)18-7-10-23-24(18)2/h5-10,12,16H,3-4,11,13-14H2,1-2H3. The van der Waals surface area contributed by atoms with Crippen LogP contribution in [0, 0.1) is 12.8 Å². The number of imidazole rings is 1. The lowest BCUT2D eigenvalue weighted by atomic mass is 9.97. The number of aryl methyl sites for hydroxylation is 2. The quantitative estimate of drug-likeness (QED) is 0.713. The normalized spacial score (nSPS) is 17.3. The lowest BCUT2D eigenvalue weighted by Gasteiger charge is -2.33. The fourth-order valence-electron chi connectivity index (χ4n) is 3.83. The zero-order valence-electron chi connectivity index (χ0n) is 15.7. The van der Waals surface area contributed by atoms with Gasteiger partial charge in [0.15, 0.2) is 0 Å². The van der Waals surface area contributed by atoms with Crippen LogP contribution < -0.4 is 0 Å². The van der Waals surface area contributed by atoms with Crippen molar-refractivity contribution in [3.8, 4) is 11.4 Å². The highest BCUT2D eigenvalue weighted by Gasteiger charge is 2.27. The van der Waals surface area contributed by atoms with Crippen molar-refractivity contribution in [2.75, 3.05) is 13.1 Å². The molecule has 1 fully saturated rings. The molecular formula is C20H24N6O. The van der Waals surface area contributed by atoms with Gasteiger partial charge in [-0.3, -0.25) is 14.5 Å². The molecule has 1 aliphatic rings. The molecule has 0 N–H and O–H groups in total. The first-order chi connectivity index (χ1) is 13.1. The molecule has 4 heterocycles. The third-order valence-electron chi connectivity index (χ3n) is 5.28. The Morgan fingerprint density at radius 2 is 2.04 bits per heavy atom. The maximum atomic E-state index is 12.8. The van der Waals surface area contributed by atoms with Gasteiger partial charge in [-0.05, 0) is 43.9 Å². The van der Waals surface area contributed by atoms with Crippen molar-refractivity contribution < 1.29 is 4.79 Å². The minimum absolute atomic E-state index is 0.0661. The molecule has 0 bridgehead atoms. The van der Waals surface area contributed by atoms with E-state index in [4.69, 9.17) is 0 Å². The first-order valence-electron chi connectivity index (χ1n) is 9.33. The molecule has 0 aliphatic carbocycles. The summed E-state index contributed by atoms with van der Waals surface area (Å²) in [5.41, 5.74) is 2.85. The minimum Gasteiger partial charge on any atom is -0.337 e. The van der Waals surface area contributed by atoms with Crippen LogP contribution in [-0.2, 0) is 13.6 Å². The molecular weight excluding hydrogens is 340 g/mol. The van der Waals surface area contributed by atoms with E-state index in [0.717, 1.165) is 49.6 Å². The van der Waals surface area contributed by atoms with Gasteiger partial charge in [0, 0.05) is 62.7 Å². The van der Waals surface area contributed by atoms with Crippen molar-refractivity contribution >= 4 is 5.91 Å². The minimum atomic E-state index is 0.0661. The van der Waals surface area contributed by atoms with E-state index in [0.29, 0.717) is 11.6 Å². The summed E-state index contributed by atoms with van der Waals surface area (Å²) in [6.45, 7) is 4.51. The van der Waals surface area contributed by atoms with Gasteiger partial charge >= 0.3 is 0 Å². The number of piperidine rings is 1. The van der Waals surface area contributed by atoms with Gasteiger partial charge in [-0.1, -0.05) is 0 Å². The summed E-state index contributed by atoms with van der Waals surface area (Å²) in [4.78, 5) is 23.5. The molecule has 140 valence electrons. The van der Waals surface area contributed by atoms with E-state index in [1.165, 1.54) is 0 Å². The Bertz CT molecular complexity index is 929. The van der Waals surface area contributed by atoms with Crippen molar-refractivity contribution in [2.45, 2.75) is 26.3 Å².